The van der Waals surface area contributed by atoms with Gasteiger partial charge in [-0.15, -0.1) is 12.4 Å². The topological polar surface area (TPSA) is 105 Å². The van der Waals surface area contributed by atoms with E-state index in [1.165, 1.54) is 12.1 Å². The van der Waals surface area contributed by atoms with Crippen molar-refractivity contribution in [3.63, 3.8) is 0 Å². The van der Waals surface area contributed by atoms with E-state index in [0.717, 1.165) is 31.8 Å². The number of rotatable bonds is 5. The number of hydrogen-bond acceptors (Lipinski definition) is 6. The molecule has 1 unspecified atom stereocenters. The van der Waals surface area contributed by atoms with Crippen LogP contribution in [-0.4, -0.2) is 47.2 Å². The van der Waals surface area contributed by atoms with E-state index >= 15 is 0 Å². The van der Waals surface area contributed by atoms with Crippen LogP contribution in [0.4, 0.5) is 0 Å². The van der Waals surface area contributed by atoms with Gasteiger partial charge in [0.2, 0.25) is 10.0 Å². The van der Waals surface area contributed by atoms with Gasteiger partial charge < -0.3 is 5.32 Å². The number of halogens is 1. The van der Waals surface area contributed by atoms with Crippen molar-refractivity contribution in [1.82, 2.24) is 15.0 Å². The molecular weight excluding hydrogens is 374 g/mol. The number of sulfone groups is 1. The third kappa shape index (κ3) is 5.13. The Morgan fingerprint density at radius 1 is 1.29 bits per heavy atom. The lowest BCUT2D eigenvalue weighted by Crippen LogP contribution is -2.52. The second-order valence-electron chi connectivity index (χ2n) is 6.56. The summed E-state index contributed by atoms with van der Waals surface area (Å²) in [6, 6.07) is 2.51. The maximum Gasteiger partial charge on any atom is 0.242 e. The second kappa shape index (κ2) is 7.65. The Kier molecular flexibility index (Phi) is 6.79. The van der Waals surface area contributed by atoms with E-state index < -0.39 is 19.9 Å². The van der Waals surface area contributed by atoms with Gasteiger partial charge in [0, 0.05) is 25.0 Å². The summed E-state index contributed by atoms with van der Waals surface area (Å²) in [5.41, 5.74) is 0.0131. The minimum Gasteiger partial charge on any atom is -0.312 e. The number of aromatic nitrogens is 1. The largest absolute Gasteiger partial charge is 0.312 e. The molecule has 2 N–H and O–H groups in total. The van der Waals surface area contributed by atoms with Crippen molar-refractivity contribution in [2.75, 3.05) is 19.3 Å². The lowest BCUT2D eigenvalue weighted by atomic mass is 9.78. The molecule has 1 aromatic heterocycles. The van der Waals surface area contributed by atoms with Gasteiger partial charge in [-0.3, -0.25) is 0 Å². The second-order valence-corrected chi connectivity index (χ2v) is 10.3. The third-order valence-corrected chi connectivity index (χ3v) is 6.62. The summed E-state index contributed by atoms with van der Waals surface area (Å²) in [7, 11) is -7.17. The first kappa shape index (κ1) is 21.3. The molecule has 0 spiro atoms. The molecule has 1 atom stereocenters. The van der Waals surface area contributed by atoms with Crippen LogP contribution in [0.2, 0.25) is 0 Å². The molecule has 24 heavy (non-hydrogen) atoms. The molecule has 0 amide bonds. The molecule has 1 fully saturated rings. The standard InChI is InChI=1S/C14H23N3O4S2.ClH/c1-14(2)7-4-8-15-12(14)10-17-23(20,21)11-5-6-13(16-9-11)22(3,18)19;/h5-6,9,12,15,17H,4,7-8,10H2,1-3H3;1H. The van der Waals surface area contributed by atoms with Crippen LogP contribution in [0, 0.1) is 5.41 Å². The maximum atomic E-state index is 12.3. The molecule has 1 aromatic rings. The van der Waals surface area contributed by atoms with Gasteiger partial charge in [0.1, 0.15) is 4.90 Å². The summed E-state index contributed by atoms with van der Waals surface area (Å²) >= 11 is 0. The summed E-state index contributed by atoms with van der Waals surface area (Å²) in [6.45, 7) is 5.38. The minimum absolute atomic E-state index is 0. The monoisotopic (exact) mass is 397 g/mol. The van der Waals surface area contributed by atoms with Gasteiger partial charge in [-0.2, -0.15) is 0 Å². The zero-order valence-corrected chi connectivity index (χ0v) is 16.4. The van der Waals surface area contributed by atoms with Crippen molar-refractivity contribution in [1.29, 1.82) is 0 Å². The molecule has 1 aliphatic rings. The van der Waals surface area contributed by atoms with Gasteiger partial charge in [-0.05, 0) is 36.9 Å². The van der Waals surface area contributed by atoms with Gasteiger partial charge in [0.25, 0.3) is 0 Å². The minimum atomic E-state index is -3.72. The highest BCUT2D eigenvalue weighted by atomic mass is 35.5. The van der Waals surface area contributed by atoms with E-state index in [1.807, 2.05) is 0 Å². The Morgan fingerprint density at radius 2 is 1.96 bits per heavy atom. The molecular formula is C14H24ClN3O4S2. The number of piperidine rings is 1. The van der Waals surface area contributed by atoms with Crippen molar-refractivity contribution >= 4 is 32.3 Å². The molecule has 10 heteroatoms. The molecule has 0 bridgehead atoms. The molecule has 1 aliphatic heterocycles. The molecule has 0 radical (unpaired) electrons. The summed E-state index contributed by atoms with van der Waals surface area (Å²) in [4.78, 5) is 3.67. The maximum absolute atomic E-state index is 12.3. The van der Waals surface area contributed by atoms with Crippen molar-refractivity contribution in [3.05, 3.63) is 18.3 Å². The Morgan fingerprint density at radius 3 is 2.46 bits per heavy atom. The van der Waals surface area contributed by atoms with E-state index in [9.17, 15) is 16.8 Å². The highest BCUT2D eigenvalue weighted by molar-refractivity contribution is 7.90. The molecule has 2 rings (SSSR count). The van der Waals surface area contributed by atoms with Crippen molar-refractivity contribution in [2.45, 2.75) is 42.7 Å². The van der Waals surface area contributed by atoms with Crippen molar-refractivity contribution in [2.24, 2.45) is 5.41 Å². The van der Waals surface area contributed by atoms with Gasteiger partial charge in [-0.1, -0.05) is 13.8 Å². The predicted molar refractivity (Wildman–Crippen MR) is 94.6 cm³/mol. The van der Waals surface area contributed by atoms with Crippen LogP contribution in [0.5, 0.6) is 0 Å². The van der Waals surface area contributed by atoms with Crippen LogP contribution < -0.4 is 10.0 Å². The van der Waals surface area contributed by atoms with Crippen LogP contribution in [0.1, 0.15) is 26.7 Å². The molecule has 2 heterocycles. The molecule has 7 nitrogen and oxygen atoms in total. The first-order chi connectivity index (χ1) is 10.5. The molecule has 0 aliphatic carbocycles. The first-order valence-corrected chi connectivity index (χ1v) is 10.8. The lowest BCUT2D eigenvalue weighted by Gasteiger charge is -2.39. The van der Waals surface area contributed by atoms with E-state index in [-0.39, 0.29) is 40.3 Å². The van der Waals surface area contributed by atoms with Crippen LogP contribution in [0.15, 0.2) is 28.3 Å². The van der Waals surface area contributed by atoms with Crippen LogP contribution >= 0.6 is 12.4 Å². The third-order valence-electron chi connectivity index (χ3n) is 4.21. The molecule has 1 saturated heterocycles. The number of nitrogens with zero attached hydrogens (tertiary/aromatic N) is 1. The van der Waals surface area contributed by atoms with E-state index in [1.54, 1.807) is 0 Å². The van der Waals surface area contributed by atoms with Crippen molar-refractivity contribution < 1.29 is 16.8 Å². The smallest absolute Gasteiger partial charge is 0.242 e. The highest BCUT2D eigenvalue weighted by Crippen LogP contribution is 2.29. The van der Waals surface area contributed by atoms with Crippen molar-refractivity contribution in [3.8, 4) is 0 Å². The van der Waals surface area contributed by atoms with Gasteiger partial charge >= 0.3 is 0 Å². The molecule has 138 valence electrons. The zero-order valence-electron chi connectivity index (χ0n) is 13.9. The predicted octanol–water partition coefficient (Wildman–Crippen LogP) is 0.963. The highest BCUT2D eigenvalue weighted by Gasteiger charge is 2.32. The normalized spacial score (nSPS) is 21.0. The zero-order chi connectivity index (χ0) is 17.3. The summed E-state index contributed by atoms with van der Waals surface area (Å²) in [5.74, 6) is 0. The van der Waals surface area contributed by atoms with E-state index in [0.29, 0.717) is 0 Å². The number of pyridine rings is 1. The Balaban J connectivity index is 0.00000288. The quantitative estimate of drug-likeness (QED) is 0.766. The summed E-state index contributed by atoms with van der Waals surface area (Å²) in [6.07, 6.45) is 4.21. The average Bonchev–Trinajstić information content (AvgIpc) is 2.45. The Labute approximate surface area is 150 Å². The molecule has 0 saturated carbocycles. The Hall–Kier alpha value is -0.740. The van der Waals surface area contributed by atoms with Crippen LogP contribution in [0.25, 0.3) is 0 Å². The van der Waals surface area contributed by atoms with Crippen LogP contribution in [-0.2, 0) is 19.9 Å². The number of nitrogens with one attached hydrogen (secondary N) is 2. The van der Waals surface area contributed by atoms with E-state index in [4.69, 9.17) is 0 Å². The number of hydrogen-bond donors (Lipinski definition) is 2. The first-order valence-electron chi connectivity index (χ1n) is 7.41. The average molecular weight is 398 g/mol. The Bertz CT molecular complexity index is 762. The fourth-order valence-electron chi connectivity index (χ4n) is 2.64. The molecule has 0 aromatic carbocycles. The number of sulfonamides is 1. The lowest BCUT2D eigenvalue weighted by molar-refractivity contribution is 0.181. The van der Waals surface area contributed by atoms with Crippen LogP contribution in [0.3, 0.4) is 0 Å². The van der Waals surface area contributed by atoms with Gasteiger partial charge in [0.15, 0.2) is 14.9 Å². The summed E-state index contributed by atoms with van der Waals surface area (Å²) in [5, 5.41) is 3.19. The SMILES string of the molecule is CC1(C)CCCNC1CNS(=O)(=O)c1ccc(S(C)(=O)=O)nc1.Cl. The fraction of sp³-hybridized carbons (Fsp3) is 0.643. The van der Waals surface area contributed by atoms with E-state index in [2.05, 4.69) is 28.9 Å². The van der Waals surface area contributed by atoms with Gasteiger partial charge in [-0.25, -0.2) is 26.5 Å². The summed E-state index contributed by atoms with van der Waals surface area (Å²) < 4.78 is 49.9. The fourth-order valence-corrected chi connectivity index (χ4v) is 4.19. The van der Waals surface area contributed by atoms with Gasteiger partial charge in [0.05, 0.1) is 0 Å².